The molecule has 0 aliphatic rings. The van der Waals surface area contributed by atoms with Crippen LogP contribution in [0.1, 0.15) is 10.5 Å². The summed E-state index contributed by atoms with van der Waals surface area (Å²) in [5, 5.41) is 0.847. The van der Waals surface area contributed by atoms with Gasteiger partial charge in [0.15, 0.2) is 6.29 Å². The van der Waals surface area contributed by atoms with E-state index in [-0.39, 0.29) is 11.3 Å². The molecule has 3 nitrogen and oxygen atoms in total. The Bertz CT molecular complexity index is 614. The van der Waals surface area contributed by atoms with E-state index in [9.17, 15) is 9.59 Å². The van der Waals surface area contributed by atoms with Crippen LogP contribution in [-0.2, 0) is 0 Å². The molecule has 0 atom stereocenters. The standard InChI is InChI=1S/C12H7Cl2NO2/c13-8-2-1-3-9(14)12(8)7-4-5-11(17)15-10(7)6-16/h1-6H,(H,15,17). The van der Waals surface area contributed by atoms with Crippen molar-refractivity contribution in [2.75, 3.05) is 0 Å². The van der Waals surface area contributed by atoms with E-state index < -0.39 is 0 Å². The van der Waals surface area contributed by atoms with Crippen LogP contribution in [0.15, 0.2) is 35.1 Å². The molecule has 1 N–H and O–H groups in total. The highest BCUT2D eigenvalue weighted by atomic mass is 35.5. The van der Waals surface area contributed by atoms with E-state index >= 15 is 0 Å². The lowest BCUT2D eigenvalue weighted by Crippen LogP contribution is -2.08. The van der Waals surface area contributed by atoms with E-state index in [2.05, 4.69) is 4.98 Å². The minimum atomic E-state index is -0.348. The average Bonchev–Trinajstić information content (AvgIpc) is 2.30. The van der Waals surface area contributed by atoms with Crippen molar-refractivity contribution in [3.05, 3.63) is 56.4 Å². The number of aromatic nitrogens is 1. The molecule has 2 aromatic rings. The summed E-state index contributed by atoms with van der Waals surface area (Å²) in [7, 11) is 0. The van der Waals surface area contributed by atoms with Crippen LogP contribution in [0.5, 0.6) is 0 Å². The maximum Gasteiger partial charge on any atom is 0.248 e. The molecule has 1 heterocycles. The van der Waals surface area contributed by atoms with Crippen molar-refractivity contribution in [3.63, 3.8) is 0 Å². The van der Waals surface area contributed by atoms with E-state index in [1.54, 1.807) is 18.2 Å². The maximum atomic E-state index is 11.1. The molecule has 17 heavy (non-hydrogen) atoms. The van der Waals surface area contributed by atoms with Crippen molar-refractivity contribution in [1.29, 1.82) is 0 Å². The third kappa shape index (κ3) is 2.25. The fourth-order valence-electron chi connectivity index (χ4n) is 1.56. The first-order chi connectivity index (χ1) is 8.13. The molecule has 1 aromatic carbocycles. The Morgan fingerprint density at radius 1 is 1.06 bits per heavy atom. The second kappa shape index (κ2) is 4.73. The van der Waals surface area contributed by atoms with Gasteiger partial charge in [-0.3, -0.25) is 9.59 Å². The molecule has 0 fully saturated rings. The van der Waals surface area contributed by atoms with E-state index in [4.69, 9.17) is 23.2 Å². The van der Waals surface area contributed by atoms with Crippen LogP contribution in [-0.4, -0.2) is 11.3 Å². The van der Waals surface area contributed by atoms with Crippen molar-refractivity contribution < 1.29 is 4.79 Å². The fraction of sp³-hybridized carbons (Fsp3) is 0. The highest BCUT2D eigenvalue weighted by Crippen LogP contribution is 2.34. The molecule has 0 unspecified atom stereocenters. The summed E-state index contributed by atoms with van der Waals surface area (Å²) in [6.45, 7) is 0. The van der Waals surface area contributed by atoms with Gasteiger partial charge in [-0.25, -0.2) is 0 Å². The molecule has 0 amide bonds. The number of nitrogens with one attached hydrogen (secondary N) is 1. The Balaban J connectivity index is 2.77. The van der Waals surface area contributed by atoms with E-state index in [0.717, 1.165) is 0 Å². The molecule has 0 radical (unpaired) electrons. The van der Waals surface area contributed by atoms with Gasteiger partial charge < -0.3 is 4.98 Å². The van der Waals surface area contributed by atoms with E-state index in [0.29, 0.717) is 27.5 Å². The number of hydrogen-bond donors (Lipinski definition) is 1. The SMILES string of the molecule is O=Cc1[nH]c(=O)ccc1-c1c(Cl)cccc1Cl. The molecule has 0 aliphatic heterocycles. The smallest absolute Gasteiger partial charge is 0.248 e. The van der Waals surface area contributed by atoms with Crippen molar-refractivity contribution in [2.24, 2.45) is 0 Å². The lowest BCUT2D eigenvalue weighted by molar-refractivity contribution is 0.111. The predicted octanol–water partition coefficient (Wildman–Crippen LogP) is 3.16. The molecule has 5 heteroatoms. The second-order valence-electron chi connectivity index (χ2n) is 3.36. The quantitative estimate of drug-likeness (QED) is 0.850. The number of aldehydes is 1. The third-order valence-electron chi connectivity index (χ3n) is 2.30. The highest BCUT2D eigenvalue weighted by Gasteiger charge is 2.12. The first-order valence-electron chi connectivity index (χ1n) is 4.76. The molecule has 0 aliphatic carbocycles. The molecule has 0 bridgehead atoms. The monoisotopic (exact) mass is 267 g/mol. The highest BCUT2D eigenvalue weighted by molar-refractivity contribution is 6.39. The normalized spacial score (nSPS) is 10.2. The zero-order valence-corrected chi connectivity index (χ0v) is 10.0. The topological polar surface area (TPSA) is 49.9 Å². The van der Waals surface area contributed by atoms with Crippen molar-refractivity contribution in [3.8, 4) is 11.1 Å². The van der Waals surface area contributed by atoms with Gasteiger partial charge in [0.1, 0.15) is 0 Å². The summed E-state index contributed by atoms with van der Waals surface area (Å²) < 4.78 is 0. The summed E-state index contributed by atoms with van der Waals surface area (Å²) in [6.07, 6.45) is 0.566. The minimum absolute atomic E-state index is 0.160. The van der Waals surface area contributed by atoms with Gasteiger partial charge >= 0.3 is 0 Å². The first-order valence-corrected chi connectivity index (χ1v) is 5.52. The Morgan fingerprint density at radius 2 is 1.71 bits per heavy atom. The fourth-order valence-corrected chi connectivity index (χ4v) is 2.16. The third-order valence-corrected chi connectivity index (χ3v) is 2.93. The molecular weight excluding hydrogens is 261 g/mol. The number of hydrogen-bond acceptors (Lipinski definition) is 2. The number of aromatic amines is 1. The Hall–Kier alpha value is -1.58. The number of carbonyl (C=O) groups excluding carboxylic acids is 1. The van der Waals surface area contributed by atoms with Crippen LogP contribution in [0.3, 0.4) is 0 Å². The zero-order valence-electron chi connectivity index (χ0n) is 8.54. The van der Waals surface area contributed by atoms with Crippen molar-refractivity contribution in [2.45, 2.75) is 0 Å². The number of pyridine rings is 1. The van der Waals surface area contributed by atoms with Crippen LogP contribution in [0.4, 0.5) is 0 Å². The Morgan fingerprint density at radius 3 is 2.29 bits per heavy atom. The predicted molar refractivity (Wildman–Crippen MR) is 67.9 cm³/mol. The van der Waals surface area contributed by atoms with Gasteiger partial charge in [-0.15, -0.1) is 0 Å². The van der Waals surface area contributed by atoms with Crippen molar-refractivity contribution >= 4 is 29.5 Å². The van der Waals surface area contributed by atoms with Gasteiger partial charge in [0.05, 0.1) is 5.69 Å². The lowest BCUT2D eigenvalue weighted by atomic mass is 10.0. The second-order valence-corrected chi connectivity index (χ2v) is 4.18. The van der Waals surface area contributed by atoms with Crippen molar-refractivity contribution in [1.82, 2.24) is 4.98 Å². The van der Waals surface area contributed by atoms with Gasteiger partial charge in [-0.2, -0.15) is 0 Å². The van der Waals surface area contributed by atoms with Crippen LogP contribution >= 0.6 is 23.2 Å². The maximum absolute atomic E-state index is 11.1. The number of carbonyl (C=O) groups is 1. The summed E-state index contributed by atoms with van der Waals surface area (Å²) in [5.74, 6) is 0. The molecule has 0 saturated heterocycles. The lowest BCUT2D eigenvalue weighted by Gasteiger charge is -2.08. The van der Waals surface area contributed by atoms with E-state index in [1.165, 1.54) is 12.1 Å². The van der Waals surface area contributed by atoms with Gasteiger partial charge in [0, 0.05) is 27.2 Å². The molecular formula is C12H7Cl2NO2. The summed E-state index contributed by atoms with van der Waals surface area (Å²) in [6, 6.07) is 7.89. The van der Waals surface area contributed by atoms with Gasteiger partial charge in [0.25, 0.3) is 0 Å². The first kappa shape index (κ1) is 11.9. The van der Waals surface area contributed by atoms with Crippen LogP contribution in [0.2, 0.25) is 10.0 Å². The molecule has 0 saturated carbocycles. The molecule has 0 spiro atoms. The Kier molecular flexibility index (Phi) is 3.31. The molecule has 86 valence electrons. The summed E-state index contributed by atoms with van der Waals surface area (Å²) >= 11 is 12.1. The van der Waals surface area contributed by atoms with Crippen LogP contribution < -0.4 is 5.56 Å². The number of H-pyrrole nitrogens is 1. The van der Waals surface area contributed by atoms with Gasteiger partial charge in [-0.05, 0) is 18.2 Å². The number of benzene rings is 1. The minimum Gasteiger partial charge on any atom is -0.319 e. The largest absolute Gasteiger partial charge is 0.319 e. The Labute approximate surface area is 107 Å². The van der Waals surface area contributed by atoms with Crippen LogP contribution in [0, 0.1) is 0 Å². The average molecular weight is 268 g/mol. The van der Waals surface area contributed by atoms with Gasteiger partial charge in [0.2, 0.25) is 5.56 Å². The number of rotatable bonds is 2. The van der Waals surface area contributed by atoms with Crippen LogP contribution in [0.25, 0.3) is 11.1 Å². The summed E-state index contributed by atoms with van der Waals surface area (Å²) in [4.78, 5) is 24.5. The summed E-state index contributed by atoms with van der Waals surface area (Å²) in [5.41, 5.74) is 0.857. The number of halogens is 2. The van der Waals surface area contributed by atoms with E-state index in [1.807, 2.05) is 0 Å². The molecule has 1 aromatic heterocycles. The zero-order chi connectivity index (χ0) is 12.4. The van der Waals surface area contributed by atoms with Gasteiger partial charge in [-0.1, -0.05) is 29.3 Å². The molecule has 2 rings (SSSR count).